The summed E-state index contributed by atoms with van der Waals surface area (Å²) in [7, 11) is 0. The van der Waals surface area contributed by atoms with E-state index in [-0.39, 0.29) is 6.04 Å². The van der Waals surface area contributed by atoms with E-state index in [1.807, 2.05) is 28.8 Å². The molecule has 3 N–H and O–H groups in total. The van der Waals surface area contributed by atoms with Crippen molar-refractivity contribution in [3.8, 4) is 0 Å². The summed E-state index contributed by atoms with van der Waals surface area (Å²) in [6.45, 7) is 8.12. The predicted molar refractivity (Wildman–Crippen MR) is 76.8 cm³/mol. The molecule has 0 aromatic carbocycles. The van der Waals surface area contributed by atoms with Gasteiger partial charge in [0.1, 0.15) is 0 Å². The number of nitrogens with zero attached hydrogens (tertiary/aromatic N) is 3. The van der Waals surface area contributed by atoms with Gasteiger partial charge in [-0.15, -0.1) is 10.2 Å². The predicted octanol–water partition coefficient (Wildman–Crippen LogP) is 1.61. The van der Waals surface area contributed by atoms with Crippen molar-refractivity contribution in [3.05, 3.63) is 30.2 Å². The SMILES string of the molecule is CC(NCC(CN)C(C)C)c1nnc2ccccn12. The van der Waals surface area contributed by atoms with Gasteiger partial charge in [0.25, 0.3) is 0 Å². The lowest BCUT2D eigenvalue weighted by Crippen LogP contribution is -2.33. The summed E-state index contributed by atoms with van der Waals surface area (Å²) in [4.78, 5) is 0. The lowest BCUT2D eigenvalue weighted by molar-refractivity contribution is 0.352. The fraction of sp³-hybridized carbons (Fsp3) is 0.571. The second-order valence-corrected chi connectivity index (χ2v) is 5.36. The van der Waals surface area contributed by atoms with E-state index in [1.54, 1.807) is 0 Å². The van der Waals surface area contributed by atoms with Crippen LogP contribution >= 0.6 is 0 Å². The Labute approximate surface area is 114 Å². The molecule has 0 bridgehead atoms. The molecule has 2 rings (SSSR count). The first-order valence-corrected chi connectivity index (χ1v) is 6.86. The molecule has 0 aliphatic carbocycles. The number of pyridine rings is 1. The van der Waals surface area contributed by atoms with Crippen molar-refractivity contribution in [2.45, 2.75) is 26.8 Å². The highest BCUT2D eigenvalue weighted by molar-refractivity contribution is 5.37. The molecule has 0 fully saturated rings. The normalized spacial score (nSPS) is 15.0. The molecular formula is C14H23N5. The minimum Gasteiger partial charge on any atom is -0.330 e. The molecule has 19 heavy (non-hydrogen) atoms. The first-order valence-electron chi connectivity index (χ1n) is 6.86. The number of nitrogens with one attached hydrogen (secondary N) is 1. The molecule has 5 nitrogen and oxygen atoms in total. The molecule has 2 heterocycles. The molecule has 0 saturated carbocycles. The Balaban J connectivity index is 2.05. The van der Waals surface area contributed by atoms with E-state index in [0.29, 0.717) is 18.4 Å². The first-order chi connectivity index (χ1) is 9.13. The average molecular weight is 261 g/mol. The number of fused-ring (bicyclic) bond motifs is 1. The topological polar surface area (TPSA) is 68.2 Å². The van der Waals surface area contributed by atoms with Gasteiger partial charge in [-0.2, -0.15) is 0 Å². The van der Waals surface area contributed by atoms with Gasteiger partial charge >= 0.3 is 0 Å². The van der Waals surface area contributed by atoms with Crippen molar-refractivity contribution in [1.82, 2.24) is 19.9 Å². The molecule has 2 aromatic heterocycles. The zero-order valence-electron chi connectivity index (χ0n) is 11.9. The van der Waals surface area contributed by atoms with Crippen molar-refractivity contribution in [2.24, 2.45) is 17.6 Å². The maximum Gasteiger partial charge on any atom is 0.160 e. The zero-order valence-corrected chi connectivity index (χ0v) is 11.9. The molecule has 2 atom stereocenters. The van der Waals surface area contributed by atoms with Crippen LogP contribution in [-0.4, -0.2) is 27.7 Å². The van der Waals surface area contributed by atoms with Gasteiger partial charge in [-0.1, -0.05) is 19.9 Å². The molecule has 0 aliphatic heterocycles. The maximum absolute atomic E-state index is 5.80. The van der Waals surface area contributed by atoms with Crippen LogP contribution in [0.2, 0.25) is 0 Å². The minimum absolute atomic E-state index is 0.158. The Bertz CT molecular complexity index is 519. The first kappa shape index (κ1) is 14.0. The van der Waals surface area contributed by atoms with Crippen LogP contribution in [0.5, 0.6) is 0 Å². The van der Waals surface area contributed by atoms with Crippen molar-refractivity contribution in [1.29, 1.82) is 0 Å². The highest BCUT2D eigenvalue weighted by Gasteiger charge is 2.16. The molecule has 2 aromatic rings. The van der Waals surface area contributed by atoms with E-state index in [4.69, 9.17) is 5.73 Å². The number of rotatable bonds is 6. The molecule has 2 unspecified atom stereocenters. The third-order valence-electron chi connectivity index (χ3n) is 3.66. The van der Waals surface area contributed by atoms with Crippen LogP contribution in [0.3, 0.4) is 0 Å². The Morgan fingerprint density at radius 1 is 1.26 bits per heavy atom. The molecule has 0 saturated heterocycles. The third-order valence-corrected chi connectivity index (χ3v) is 3.66. The van der Waals surface area contributed by atoms with Gasteiger partial charge in [-0.05, 0) is 37.4 Å². The van der Waals surface area contributed by atoms with Crippen LogP contribution in [0.15, 0.2) is 24.4 Å². The van der Waals surface area contributed by atoms with Gasteiger partial charge in [0, 0.05) is 12.7 Å². The Morgan fingerprint density at radius 3 is 2.74 bits per heavy atom. The summed E-state index contributed by atoms with van der Waals surface area (Å²) < 4.78 is 2.02. The third kappa shape index (κ3) is 3.11. The Hall–Kier alpha value is -1.46. The average Bonchev–Trinajstić information content (AvgIpc) is 2.82. The monoisotopic (exact) mass is 261 g/mol. The quantitative estimate of drug-likeness (QED) is 0.829. The maximum atomic E-state index is 5.80. The molecule has 0 radical (unpaired) electrons. The summed E-state index contributed by atoms with van der Waals surface area (Å²) in [5.74, 6) is 2.01. The Morgan fingerprint density at radius 2 is 2.05 bits per heavy atom. The van der Waals surface area contributed by atoms with Gasteiger partial charge in [0.05, 0.1) is 6.04 Å². The van der Waals surface area contributed by atoms with Crippen LogP contribution in [0.4, 0.5) is 0 Å². The van der Waals surface area contributed by atoms with E-state index < -0.39 is 0 Å². The number of hydrogen-bond acceptors (Lipinski definition) is 4. The van der Waals surface area contributed by atoms with Crippen molar-refractivity contribution < 1.29 is 0 Å². The van der Waals surface area contributed by atoms with Crippen LogP contribution < -0.4 is 11.1 Å². The van der Waals surface area contributed by atoms with Gasteiger partial charge in [-0.25, -0.2) is 0 Å². The van der Waals surface area contributed by atoms with Crippen molar-refractivity contribution in [3.63, 3.8) is 0 Å². The van der Waals surface area contributed by atoms with Crippen molar-refractivity contribution >= 4 is 5.65 Å². The smallest absolute Gasteiger partial charge is 0.160 e. The lowest BCUT2D eigenvalue weighted by atomic mass is 9.96. The lowest BCUT2D eigenvalue weighted by Gasteiger charge is -2.21. The van der Waals surface area contributed by atoms with E-state index >= 15 is 0 Å². The largest absolute Gasteiger partial charge is 0.330 e. The second-order valence-electron chi connectivity index (χ2n) is 5.36. The van der Waals surface area contributed by atoms with Crippen molar-refractivity contribution in [2.75, 3.05) is 13.1 Å². The summed E-state index contributed by atoms with van der Waals surface area (Å²) in [5, 5.41) is 11.9. The molecule has 5 heteroatoms. The molecule has 0 aliphatic rings. The molecular weight excluding hydrogens is 238 g/mol. The van der Waals surface area contributed by atoms with E-state index in [0.717, 1.165) is 18.0 Å². The van der Waals surface area contributed by atoms with Gasteiger partial charge in [0.2, 0.25) is 0 Å². The molecule has 0 spiro atoms. The summed E-state index contributed by atoms with van der Waals surface area (Å²) in [5.41, 5.74) is 6.68. The van der Waals surface area contributed by atoms with Crippen LogP contribution in [0, 0.1) is 11.8 Å². The van der Waals surface area contributed by atoms with Crippen LogP contribution in [-0.2, 0) is 0 Å². The highest BCUT2D eigenvalue weighted by atomic mass is 15.3. The Kier molecular flexibility index (Phi) is 4.50. The number of aromatic nitrogens is 3. The second kappa shape index (κ2) is 6.12. The zero-order chi connectivity index (χ0) is 13.8. The van der Waals surface area contributed by atoms with Crippen LogP contribution in [0.25, 0.3) is 5.65 Å². The van der Waals surface area contributed by atoms with Gasteiger partial charge < -0.3 is 11.1 Å². The summed E-state index contributed by atoms with van der Waals surface area (Å²) in [6, 6.07) is 6.07. The highest BCUT2D eigenvalue weighted by Crippen LogP contribution is 2.14. The molecule has 104 valence electrons. The van der Waals surface area contributed by atoms with Gasteiger partial charge in [0.15, 0.2) is 11.5 Å². The van der Waals surface area contributed by atoms with Gasteiger partial charge in [-0.3, -0.25) is 4.40 Å². The number of nitrogens with two attached hydrogens (primary N) is 1. The summed E-state index contributed by atoms with van der Waals surface area (Å²) in [6.07, 6.45) is 1.99. The minimum atomic E-state index is 0.158. The van der Waals surface area contributed by atoms with E-state index in [2.05, 4.69) is 36.3 Å². The van der Waals surface area contributed by atoms with E-state index in [1.165, 1.54) is 0 Å². The van der Waals surface area contributed by atoms with E-state index in [9.17, 15) is 0 Å². The van der Waals surface area contributed by atoms with Crippen LogP contribution in [0.1, 0.15) is 32.6 Å². The number of hydrogen-bond donors (Lipinski definition) is 2. The molecule has 0 amide bonds. The summed E-state index contributed by atoms with van der Waals surface area (Å²) >= 11 is 0. The standard InChI is InChI=1S/C14H23N5/c1-10(2)12(8-15)9-16-11(3)14-18-17-13-6-4-5-7-19(13)14/h4-7,10-12,16H,8-9,15H2,1-3H3. The fourth-order valence-corrected chi connectivity index (χ4v) is 2.17. The fourth-order valence-electron chi connectivity index (χ4n) is 2.17.